The SMILES string of the molecule is CCOC(=O)CC1C[C@H]2CC=CC[C@H]2C1. The molecule has 0 bridgehead atoms. The average Bonchev–Trinajstić information content (AvgIpc) is 2.59. The van der Waals surface area contributed by atoms with E-state index < -0.39 is 0 Å². The number of hydrogen-bond donors (Lipinski definition) is 0. The normalized spacial score (nSPS) is 33.8. The minimum atomic E-state index is -0.00546. The Morgan fingerprint density at radius 3 is 2.40 bits per heavy atom. The van der Waals surface area contributed by atoms with Crippen LogP contribution in [-0.2, 0) is 9.53 Å². The summed E-state index contributed by atoms with van der Waals surface area (Å²) in [6.45, 7) is 2.39. The van der Waals surface area contributed by atoms with Gasteiger partial charge >= 0.3 is 5.97 Å². The Morgan fingerprint density at radius 1 is 1.27 bits per heavy atom. The van der Waals surface area contributed by atoms with Crippen molar-refractivity contribution in [1.82, 2.24) is 0 Å². The Morgan fingerprint density at radius 2 is 1.87 bits per heavy atom. The fourth-order valence-corrected chi connectivity index (χ4v) is 3.08. The topological polar surface area (TPSA) is 26.3 Å². The fraction of sp³-hybridized carbons (Fsp3) is 0.769. The van der Waals surface area contributed by atoms with E-state index in [1.807, 2.05) is 6.92 Å². The van der Waals surface area contributed by atoms with Gasteiger partial charge in [-0.1, -0.05) is 12.2 Å². The van der Waals surface area contributed by atoms with Gasteiger partial charge in [-0.15, -0.1) is 0 Å². The van der Waals surface area contributed by atoms with Crippen molar-refractivity contribution in [3.05, 3.63) is 12.2 Å². The molecule has 2 nitrogen and oxygen atoms in total. The maximum atomic E-state index is 11.4. The maximum absolute atomic E-state index is 11.4. The van der Waals surface area contributed by atoms with Crippen LogP contribution in [0.2, 0.25) is 0 Å². The second kappa shape index (κ2) is 4.82. The molecule has 0 spiro atoms. The van der Waals surface area contributed by atoms with Crippen molar-refractivity contribution in [1.29, 1.82) is 0 Å². The molecule has 0 aromatic carbocycles. The molecule has 0 aromatic heterocycles. The van der Waals surface area contributed by atoms with Gasteiger partial charge in [-0.05, 0) is 50.4 Å². The van der Waals surface area contributed by atoms with Gasteiger partial charge in [-0.2, -0.15) is 0 Å². The predicted molar refractivity (Wildman–Crippen MR) is 59.3 cm³/mol. The molecule has 1 unspecified atom stereocenters. The zero-order valence-electron chi connectivity index (χ0n) is 9.45. The molecule has 0 radical (unpaired) electrons. The van der Waals surface area contributed by atoms with Gasteiger partial charge in [0.25, 0.3) is 0 Å². The quantitative estimate of drug-likeness (QED) is 0.526. The molecule has 84 valence electrons. The summed E-state index contributed by atoms with van der Waals surface area (Å²) in [5.41, 5.74) is 0. The van der Waals surface area contributed by atoms with E-state index in [2.05, 4.69) is 12.2 Å². The molecule has 2 rings (SSSR count). The van der Waals surface area contributed by atoms with Crippen molar-refractivity contribution >= 4 is 5.97 Å². The van der Waals surface area contributed by atoms with Gasteiger partial charge in [-0.25, -0.2) is 0 Å². The Bertz CT molecular complexity index is 241. The highest BCUT2D eigenvalue weighted by atomic mass is 16.5. The minimum absolute atomic E-state index is 0.00546. The lowest BCUT2D eigenvalue weighted by atomic mass is 9.86. The molecular weight excluding hydrogens is 188 g/mol. The average molecular weight is 208 g/mol. The van der Waals surface area contributed by atoms with Crippen molar-refractivity contribution in [3.8, 4) is 0 Å². The molecule has 2 aliphatic rings. The molecule has 0 aromatic rings. The first-order chi connectivity index (χ1) is 7.29. The number of allylic oxidation sites excluding steroid dienone is 2. The molecule has 2 heteroatoms. The molecule has 0 amide bonds. The van der Waals surface area contributed by atoms with Gasteiger partial charge in [0, 0.05) is 6.42 Å². The molecule has 0 heterocycles. The lowest BCUT2D eigenvalue weighted by Gasteiger charge is -2.19. The zero-order chi connectivity index (χ0) is 10.7. The molecular formula is C13H20O2. The summed E-state index contributed by atoms with van der Waals surface area (Å²) < 4.78 is 5.00. The van der Waals surface area contributed by atoms with Crippen LogP contribution in [0.4, 0.5) is 0 Å². The monoisotopic (exact) mass is 208 g/mol. The van der Waals surface area contributed by atoms with E-state index in [9.17, 15) is 4.79 Å². The number of carbonyl (C=O) groups is 1. The molecule has 0 saturated heterocycles. The maximum Gasteiger partial charge on any atom is 0.306 e. The number of rotatable bonds is 3. The third kappa shape index (κ3) is 2.61. The third-order valence-corrected chi connectivity index (χ3v) is 3.74. The Hall–Kier alpha value is -0.790. The smallest absolute Gasteiger partial charge is 0.306 e. The van der Waals surface area contributed by atoms with E-state index in [4.69, 9.17) is 4.74 Å². The summed E-state index contributed by atoms with van der Waals surface area (Å²) in [5.74, 6) is 2.26. The summed E-state index contributed by atoms with van der Waals surface area (Å²) in [6.07, 6.45) is 10.2. The van der Waals surface area contributed by atoms with Crippen LogP contribution < -0.4 is 0 Å². The molecule has 1 saturated carbocycles. The molecule has 1 fully saturated rings. The Balaban J connectivity index is 1.80. The van der Waals surface area contributed by atoms with Crippen molar-refractivity contribution in [2.24, 2.45) is 17.8 Å². The van der Waals surface area contributed by atoms with Crippen molar-refractivity contribution in [2.75, 3.05) is 6.61 Å². The largest absolute Gasteiger partial charge is 0.466 e. The number of esters is 1. The Labute approximate surface area is 91.7 Å². The molecule has 2 aliphatic carbocycles. The number of hydrogen-bond acceptors (Lipinski definition) is 2. The van der Waals surface area contributed by atoms with Crippen LogP contribution in [-0.4, -0.2) is 12.6 Å². The summed E-state index contributed by atoms with van der Waals surface area (Å²) in [7, 11) is 0. The van der Waals surface area contributed by atoms with Gasteiger partial charge in [0.1, 0.15) is 0 Å². The molecule has 3 atom stereocenters. The van der Waals surface area contributed by atoms with E-state index in [0.29, 0.717) is 18.9 Å². The van der Waals surface area contributed by atoms with Crippen LogP contribution in [0.15, 0.2) is 12.2 Å². The number of ether oxygens (including phenoxy) is 1. The summed E-state index contributed by atoms with van der Waals surface area (Å²) in [5, 5.41) is 0. The van der Waals surface area contributed by atoms with Crippen LogP contribution in [0.3, 0.4) is 0 Å². The van der Waals surface area contributed by atoms with E-state index in [1.165, 1.54) is 25.7 Å². The van der Waals surface area contributed by atoms with E-state index >= 15 is 0 Å². The van der Waals surface area contributed by atoms with Crippen LogP contribution in [0, 0.1) is 17.8 Å². The first-order valence-electron chi connectivity index (χ1n) is 6.10. The van der Waals surface area contributed by atoms with E-state index in [1.54, 1.807) is 0 Å². The molecule has 0 aliphatic heterocycles. The summed E-state index contributed by atoms with van der Waals surface area (Å²) in [4.78, 5) is 11.4. The van der Waals surface area contributed by atoms with Crippen molar-refractivity contribution < 1.29 is 9.53 Å². The second-order valence-electron chi connectivity index (χ2n) is 4.81. The number of carbonyl (C=O) groups excluding carboxylic acids is 1. The van der Waals surface area contributed by atoms with Crippen molar-refractivity contribution in [2.45, 2.75) is 39.0 Å². The minimum Gasteiger partial charge on any atom is -0.466 e. The standard InChI is InChI=1S/C13H20O2/c1-2-15-13(14)9-10-7-11-5-3-4-6-12(11)8-10/h3-4,10-12H,2,5-9H2,1H3/t10?,11-,12+. The van der Waals surface area contributed by atoms with Gasteiger partial charge in [-0.3, -0.25) is 4.79 Å². The first kappa shape index (κ1) is 10.7. The molecule has 15 heavy (non-hydrogen) atoms. The van der Waals surface area contributed by atoms with Crippen LogP contribution >= 0.6 is 0 Å². The first-order valence-corrected chi connectivity index (χ1v) is 6.10. The van der Waals surface area contributed by atoms with E-state index in [0.717, 1.165) is 11.8 Å². The highest BCUT2D eigenvalue weighted by Gasteiger charge is 2.35. The highest BCUT2D eigenvalue weighted by Crippen LogP contribution is 2.44. The third-order valence-electron chi connectivity index (χ3n) is 3.74. The van der Waals surface area contributed by atoms with Gasteiger partial charge in [0.05, 0.1) is 6.61 Å². The highest BCUT2D eigenvalue weighted by molar-refractivity contribution is 5.69. The van der Waals surface area contributed by atoms with Crippen molar-refractivity contribution in [3.63, 3.8) is 0 Å². The van der Waals surface area contributed by atoms with Crippen LogP contribution in [0.25, 0.3) is 0 Å². The van der Waals surface area contributed by atoms with Gasteiger partial charge < -0.3 is 4.74 Å². The van der Waals surface area contributed by atoms with E-state index in [-0.39, 0.29) is 5.97 Å². The second-order valence-corrected chi connectivity index (χ2v) is 4.81. The fourth-order valence-electron chi connectivity index (χ4n) is 3.08. The van der Waals surface area contributed by atoms with Crippen LogP contribution in [0.5, 0.6) is 0 Å². The Kier molecular flexibility index (Phi) is 3.45. The zero-order valence-corrected chi connectivity index (χ0v) is 9.45. The lowest BCUT2D eigenvalue weighted by Crippen LogP contribution is -2.09. The van der Waals surface area contributed by atoms with Gasteiger partial charge in [0.2, 0.25) is 0 Å². The number of fused-ring (bicyclic) bond motifs is 1. The summed E-state index contributed by atoms with van der Waals surface area (Å²) in [6, 6.07) is 0. The predicted octanol–water partition coefficient (Wildman–Crippen LogP) is 2.93. The molecule has 0 N–H and O–H groups in total. The summed E-state index contributed by atoms with van der Waals surface area (Å²) >= 11 is 0. The van der Waals surface area contributed by atoms with Crippen LogP contribution in [0.1, 0.15) is 39.0 Å². The van der Waals surface area contributed by atoms with Gasteiger partial charge in [0.15, 0.2) is 0 Å². The lowest BCUT2D eigenvalue weighted by molar-refractivity contribution is -0.144.